The highest BCUT2D eigenvalue weighted by Gasteiger charge is 2.23. The first-order valence-corrected chi connectivity index (χ1v) is 4.32. The van der Waals surface area contributed by atoms with Crippen molar-refractivity contribution in [2.75, 3.05) is 0 Å². The fourth-order valence-corrected chi connectivity index (χ4v) is 1.09. The molecule has 68 valence electrons. The zero-order chi connectivity index (χ0) is 9.84. The summed E-state index contributed by atoms with van der Waals surface area (Å²) >= 11 is 0. The molecule has 1 unspecified atom stereocenters. The van der Waals surface area contributed by atoms with Crippen LogP contribution in [0.2, 0.25) is 0 Å². The van der Waals surface area contributed by atoms with Crippen molar-refractivity contribution in [1.82, 2.24) is 0 Å². The molecule has 1 N–H and O–H groups in total. The van der Waals surface area contributed by atoms with Gasteiger partial charge < -0.3 is 0 Å². The van der Waals surface area contributed by atoms with Gasteiger partial charge in [0.05, 0.1) is 4.92 Å². The molecule has 0 aliphatic rings. The lowest BCUT2D eigenvalue weighted by Gasteiger charge is -1.92. The standard InChI is InChI=1S/C6H4NO5P/c8-7(9)5-3-1-2-4-6(5)12-13(10)11/h1-4H/p+1. The van der Waals surface area contributed by atoms with E-state index in [-0.39, 0.29) is 11.4 Å². The largest absolute Gasteiger partial charge is 0.747 e. The number of para-hydroxylation sites is 2. The summed E-state index contributed by atoms with van der Waals surface area (Å²) in [4.78, 5) is 18.0. The van der Waals surface area contributed by atoms with Crippen LogP contribution in [0.3, 0.4) is 0 Å². The zero-order valence-corrected chi connectivity index (χ0v) is 7.18. The Hall–Kier alpha value is -1.52. The monoisotopic (exact) mass is 202 g/mol. The molecule has 1 rings (SSSR count). The molecule has 0 spiro atoms. The van der Waals surface area contributed by atoms with E-state index in [4.69, 9.17) is 4.89 Å². The summed E-state index contributed by atoms with van der Waals surface area (Å²) in [5, 5.41) is 10.4. The van der Waals surface area contributed by atoms with Gasteiger partial charge in [0.25, 0.3) is 5.75 Å². The second-order valence-corrected chi connectivity index (χ2v) is 2.71. The van der Waals surface area contributed by atoms with Crippen molar-refractivity contribution in [3.63, 3.8) is 0 Å². The van der Waals surface area contributed by atoms with E-state index in [0.717, 1.165) is 0 Å². The highest BCUT2D eigenvalue weighted by molar-refractivity contribution is 7.32. The lowest BCUT2D eigenvalue weighted by molar-refractivity contribution is -0.385. The summed E-state index contributed by atoms with van der Waals surface area (Å²) < 4.78 is 14.6. The molecule has 13 heavy (non-hydrogen) atoms. The van der Waals surface area contributed by atoms with E-state index in [9.17, 15) is 14.7 Å². The number of hydrogen-bond donors (Lipinski definition) is 1. The first-order valence-electron chi connectivity index (χ1n) is 3.19. The van der Waals surface area contributed by atoms with E-state index >= 15 is 0 Å². The minimum absolute atomic E-state index is 0.212. The molecule has 0 heterocycles. The topological polar surface area (TPSA) is 89.7 Å². The lowest BCUT2D eigenvalue weighted by Crippen LogP contribution is -1.91. The van der Waals surface area contributed by atoms with E-state index in [2.05, 4.69) is 4.52 Å². The molecular formula is C6H5NO5P+. The quantitative estimate of drug-likeness (QED) is 0.457. The van der Waals surface area contributed by atoms with Crippen LogP contribution in [0.1, 0.15) is 0 Å². The van der Waals surface area contributed by atoms with Crippen LogP contribution in [-0.2, 0) is 4.57 Å². The van der Waals surface area contributed by atoms with Crippen LogP contribution in [0.15, 0.2) is 24.3 Å². The molecule has 0 aromatic heterocycles. The smallest absolute Gasteiger partial charge is 0.258 e. The van der Waals surface area contributed by atoms with Crippen LogP contribution >= 0.6 is 8.25 Å². The van der Waals surface area contributed by atoms with Crippen LogP contribution in [0.5, 0.6) is 5.75 Å². The van der Waals surface area contributed by atoms with Gasteiger partial charge in [0, 0.05) is 10.6 Å². The molecule has 0 aliphatic carbocycles. The van der Waals surface area contributed by atoms with E-state index < -0.39 is 13.2 Å². The summed E-state index contributed by atoms with van der Waals surface area (Å²) in [6.07, 6.45) is 0. The third-order valence-electron chi connectivity index (χ3n) is 1.24. The van der Waals surface area contributed by atoms with Crippen LogP contribution in [0.4, 0.5) is 5.69 Å². The number of benzene rings is 1. The molecule has 1 aromatic carbocycles. The maximum Gasteiger partial charge on any atom is 0.747 e. The van der Waals surface area contributed by atoms with Crippen LogP contribution in [-0.4, -0.2) is 9.82 Å². The average molecular weight is 202 g/mol. The van der Waals surface area contributed by atoms with Gasteiger partial charge in [0.1, 0.15) is 0 Å². The van der Waals surface area contributed by atoms with Gasteiger partial charge in [-0.25, -0.2) is 4.52 Å². The molecule has 0 saturated heterocycles. The summed E-state index contributed by atoms with van der Waals surface area (Å²) in [6.45, 7) is 0. The van der Waals surface area contributed by atoms with Gasteiger partial charge in [-0.05, 0) is 6.07 Å². The van der Waals surface area contributed by atoms with Crippen molar-refractivity contribution in [3.05, 3.63) is 34.4 Å². The Morgan fingerprint density at radius 1 is 1.46 bits per heavy atom. The Balaban J connectivity index is 3.04. The summed E-state index contributed by atoms with van der Waals surface area (Å²) in [5.74, 6) is -0.212. The highest BCUT2D eigenvalue weighted by Crippen LogP contribution is 2.31. The molecule has 0 radical (unpaired) electrons. The molecule has 0 amide bonds. The zero-order valence-electron chi connectivity index (χ0n) is 6.28. The maximum absolute atomic E-state index is 10.4. The number of nitro benzene ring substituents is 1. The lowest BCUT2D eigenvalue weighted by atomic mass is 10.3. The van der Waals surface area contributed by atoms with Gasteiger partial charge in [-0.1, -0.05) is 12.1 Å². The molecule has 6 nitrogen and oxygen atoms in total. The second-order valence-electron chi connectivity index (χ2n) is 2.05. The van der Waals surface area contributed by atoms with Crippen LogP contribution in [0, 0.1) is 10.1 Å². The minimum atomic E-state index is -2.87. The molecule has 0 saturated carbocycles. The maximum atomic E-state index is 10.4. The highest BCUT2D eigenvalue weighted by atomic mass is 31.1. The van der Waals surface area contributed by atoms with Crippen molar-refractivity contribution >= 4 is 13.9 Å². The predicted octanol–water partition coefficient (Wildman–Crippen LogP) is 1.62. The molecule has 0 fully saturated rings. The SMILES string of the molecule is O=[N+]([O-])c1ccccc1O[P+](=O)O. The third-order valence-corrected chi connectivity index (χ3v) is 1.59. The van der Waals surface area contributed by atoms with E-state index in [1.807, 2.05) is 0 Å². The number of nitrogens with zero attached hydrogens (tertiary/aromatic N) is 1. The van der Waals surface area contributed by atoms with Gasteiger partial charge >= 0.3 is 13.9 Å². The molecular weight excluding hydrogens is 197 g/mol. The van der Waals surface area contributed by atoms with Gasteiger partial charge in [0.2, 0.25) is 0 Å². The van der Waals surface area contributed by atoms with Crippen molar-refractivity contribution in [2.24, 2.45) is 0 Å². The normalized spacial score (nSPS) is 10.7. The Labute approximate surface area is 73.9 Å². The first kappa shape index (κ1) is 9.57. The molecule has 0 aliphatic heterocycles. The van der Waals surface area contributed by atoms with Crippen molar-refractivity contribution in [2.45, 2.75) is 0 Å². The van der Waals surface area contributed by atoms with E-state index in [0.29, 0.717) is 0 Å². The number of nitro groups is 1. The van der Waals surface area contributed by atoms with Gasteiger partial charge in [-0.15, -0.1) is 4.89 Å². The van der Waals surface area contributed by atoms with Crippen molar-refractivity contribution in [1.29, 1.82) is 0 Å². The number of hydrogen-bond acceptors (Lipinski definition) is 4. The Morgan fingerprint density at radius 2 is 2.08 bits per heavy atom. The fraction of sp³-hybridized carbons (Fsp3) is 0. The Morgan fingerprint density at radius 3 is 2.62 bits per heavy atom. The summed E-state index contributed by atoms with van der Waals surface area (Å²) in [7, 11) is -2.87. The number of rotatable bonds is 3. The molecule has 7 heteroatoms. The van der Waals surface area contributed by atoms with Gasteiger partial charge in [0.15, 0.2) is 0 Å². The Kier molecular flexibility index (Phi) is 2.89. The second kappa shape index (κ2) is 3.93. The van der Waals surface area contributed by atoms with Crippen molar-refractivity contribution < 1.29 is 18.9 Å². The van der Waals surface area contributed by atoms with E-state index in [1.165, 1.54) is 24.3 Å². The third kappa shape index (κ3) is 2.47. The van der Waals surface area contributed by atoms with Crippen molar-refractivity contribution in [3.8, 4) is 5.75 Å². The summed E-state index contributed by atoms with van der Waals surface area (Å²) in [5.41, 5.74) is -0.333. The first-order chi connectivity index (χ1) is 6.11. The van der Waals surface area contributed by atoms with Gasteiger partial charge in [-0.3, -0.25) is 10.1 Å². The average Bonchev–Trinajstić information content (AvgIpc) is 2.03. The molecule has 1 atom stereocenters. The van der Waals surface area contributed by atoms with Crippen LogP contribution < -0.4 is 4.52 Å². The molecule has 0 bridgehead atoms. The Bertz CT molecular complexity index is 353. The fourth-order valence-electron chi connectivity index (χ4n) is 0.769. The summed E-state index contributed by atoms with van der Waals surface area (Å²) in [6, 6.07) is 5.35. The van der Waals surface area contributed by atoms with Crippen LogP contribution in [0.25, 0.3) is 0 Å². The minimum Gasteiger partial charge on any atom is -0.258 e. The van der Waals surface area contributed by atoms with E-state index in [1.54, 1.807) is 0 Å². The molecule has 1 aromatic rings. The predicted molar refractivity (Wildman–Crippen MR) is 43.5 cm³/mol. The van der Waals surface area contributed by atoms with Gasteiger partial charge in [-0.2, -0.15) is 0 Å².